The highest BCUT2D eigenvalue weighted by atomic mass is 16.5. The van der Waals surface area contributed by atoms with Gasteiger partial charge in [-0.25, -0.2) is 9.80 Å². The van der Waals surface area contributed by atoms with E-state index in [1.54, 1.807) is 13.1 Å². The van der Waals surface area contributed by atoms with Crippen LogP contribution in [-0.4, -0.2) is 25.3 Å². The van der Waals surface area contributed by atoms with Gasteiger partial charge in [0.15, 0.2) is 0 Å². The molecule has 0 N–H and O–H groups in total. The molecule has 0 aromatic heterocycles. The van der Waals surface area contributed by atoms with Crippen molar-refractivity contribution in [3.05, 3.63) is 96.6 Å². The van der Waals surface area contributed by atoms with Gasteiger partial charge in [0.2, 0.25) is 0 Å². The Morgan fingerprint density at radius 3 is 1.97 bits per heavy atom. The molecule has 5 nitrogen and oxygen atoms in total. The number of nitrogens with zero attached hydrogens (tertiary/aromatic N) is 3. The Morgan fingerprint density at radius 1 is 0.906 bits per heavy atom. The van der Waals surface area contributed by atoms with Gasteiger partial charge in [0.25, 0.3) is 0 Å². The van der Waals surface area contributed by atoms with Crippen molar-refractivity contribution >= 4 is 29.2 Å². The first-order valence-corrected chi connectivity index (χ1v) is 10.7. The van der Waals surface area contributed by atoms with E-state index in [2.05, 4.69) is 25.3 Å². The normalized spacial score (nSPS) is 10.7. The minimum atomic E-state index is -0.459. The first-order valence-electron chi connectivity index (χ1n) is 10.7. The van der Waals surface area contributed by atoms with E-state index < -0.39 is 5.97 Å². The van der Waals surface area contributed by atoms with Crippen molar-refractivity contribution in [3.63, 3.8) is 0 Å². The average Bonchev–Trinajstić information content (AvgIpc) is 2.82. The number of anilines is 3. The summed E-state index contributed by atoms with van der Waals surface area (Å²) in [7, 11) is 0. The standard InChI is InChI=1S/C27H29N3O2/c1-5-29(6-2)25-18-17-22(26(19-25)32-27(31)21(3)4)20-28-30(23-13-9-7-10-14-23)24-15-11-8-12-16-24/h7-20H,3,5-6H2,1-2,4H3. The van der Waals surface area contributed by atoms with Gasteiger partial charge in [-0.2, -0.15) is 5.10 Å². The molecule has 164 valence electrons. The maximum atomic E-state index is 12.3. The molecule has 32 heavy (non-hydrogen) atoms. The fraction of sp³-hybridized carbons (Fsp3) is 0.185. The van der Waals surface area contributed by atoms with Gasteiger partial charge < -0.3 is 9.64 Å². The monoisotopic (exact) mass is 427 g/mol. The number of hydrazone groups is 1. The summed E-state index contributed by atoms with van der Waals surface area (Å²) in [6.45, 7) is 11.2. The molecule has 0 radical (unpaired) electrons. The Balaban J connectivity index is 2.02. The summed E-state index contributed by atoms with van der Waals surface area (Å²) in [5.74, 6) is -0.00783. The quantitative estimate of drug-likeness (QED) is 0.134. The summed E-state index contributed by atoms with van der Waals surface area (Å²) in [4.78, 5) is 14.5. The minimum Gasteiger partial charge on any atom is -0.422 e. The molecule has 0 amide bonds. The first kappa shape index (κ1) is 22.8. The molecule has 0 spiro atoms. The van der Waals surface area contributed by atoms with Gasteiger partial charge in [0.05, 0.1) is 17.6 Å². The second kappa shape index (κ2) is 11.0. The number of para-hydroxylation sites is 2. The van der Waals surface area contributed by atoms with Crippen molar-refractivity contribution in [2.45, 2.75) is 20.8 Å². The van der Waals surface area contributed by atoms with Crippen LogP contribution in [0, 0.1) is 0 Å². The van der Waals surface area contributed by atoms with Crippen LogP contribution in [0.25, 0.3) is 0 Å². The van der Waals surface area contributed by atoms with Crippen LogP contribution >= 0.6 is 0 Å². The molecule has 3 aromatic carbocycles. The van der Waals surface area contributed by atoms with Gasteiger partial charge in [-0.05, 0) is 57.2 Å². The minimum absolute atomic E-state index is 0.344. The van der Waals surface area contributed by atoms with E-state index in [0.717, 1.165) is 30.2 Å². The molecule has 5 heteroatoms. The summed E-state index contributed by atoms with van der Waals surface area (Å²) in [6.07, 6.45) is 1.72. The Morgan fingerprint density at radius 2 is 1.47 bits per heavy atom. The maximum Gasteiger partial charge on any atom is 0.338 e. The lowest BCUT2D eigenvalue weighted by Gasteiger charge is -2.22. The molecule has 0 fully saturated rings. The molecule has 0 aliphatic rings. The van der Waals surface area contributed by atoms with Crippen LogP contribution in [0.4, 0.5) is 17.1 Å². The predicted octanol–water partition coefficient (Wildman–Crippen LogP) is 6.19. The molecule has 0 saturated carbocycles. The zero-order valence-electron chi connectivity index (χ0n) is 18.9. The van der Waals surface area contributed by atoms with Crippen molar-refractivity contribution < 1.29 is 9.53 Å². The predicted molar refractivity (Wildman–Crippen MR) is 133 cm³/mol. The zero-order chi connectivity index (χ0) is 22.9. The summed E-state index contributed by atoms with van der Waals surface area (Å²) < 4.78 is 5.66. The Bertz CT molecular complexity index is 1040. The highest BCUT2D eigenvalue weighted by Gasteiger charge is 2.13. The maximum absolute atomic E-state index is 12.3. The molecule has 0 saturated heterocycles. The number of carbonyl (C=O) groups is 1. The average molecular weight is 428 g/mol. The lowest BCUT2D eigenvalue weighted by atomic mass is 10.1. The molecule has 0 heterocycles. The van der Waals surface area contributed by atoms with Crippen LogP contribution in [0.5, 0.6) is 5.75 Å². The van der Waals surface area contributed by atoms with Crippen molar-refractivity contribution in [3.8, 4) is 5.75 Å². The SMILES string of the molecule is C=C(C)C(=O)Oc1cc(N(CC)CC)ccc1C=NN(c1ccccc1)c1ccccc1. The molecule has 0 bridgehead atoms. The van der Waals surface area contributed by atoms with E-state index in [0.29, 0.717) is 16.9 Å². The molecular formula is C27H29N3O2. The molecule has 0 aliphatic carbocycles. The van der Waals surface area contributed by atoms with E-state index in [-0.39, 0.29) is 0 Å². The van der Waals surface area contributed by atoms with Crippen LogP contribution in [0.3, 0.4) is 0 Å². The highest BCUT2D eigenvalue weighted by Crippen LogP contribution is 2.28. The van der Waals surface area contributed by atoms with Crippen molar-refractivity contribution in [1.29, 1.82) is 0 Å². The molecular weight excluding hydrogens is 398 g/mol. The number of hydrogen-bond donors (Lipinski definition) is 0. The summed E-state index contributed by atoms with van der Waals surface area (Å²) >= 11 is 0. The van der Waals surface area contributed by atoms with Crippen molar-refractivity contribution in [2.75, 3.05) is 23.0 Å². The number of hydrogen-bond acceptors (Lipinski definition) is 5. The largest absolute Gasteiger partial charge is 0.422 e. The molecule has 0 aliphatic heterocycles. The number of rotatable bonds is 9. The zero-order valence-corrected chi connectivity index (χ0v) is 18.9. The third kappa shape index (κ3) is 5.64. The number of ether oxygens (including phenoxy) is 1. The second-order valence-corrected chi connectivity index (χ2v) is 7.29. The second-order valence-electron chi connectivity index (χ2n) is 7.29. The Hall–Kier alpha value is -3.86. The van der Waals surface area contributed by atoms with E-state index >= 15 is 0 Å². The topological polar surface area (TPSA) is 45.1 Å². The van der Waals surface area contributed by atoms with Gasteiger partial charge >= 0.3 is 5.97 Å². The van der Waals surface area contributed by atoms with Gasteiger partial charge in [0.1, 0.15) is 5.75 Å². The van der Waals surface area contributed by atoms with Crippen LogP contribution < -0.4 is 14.6 Å². The highest BCUT2D eigenvalue weighted by molar-refractivity contribution is 5.92. The van der Waals surface area contributed by atoms with Crippen LogP contribution in [0.1, 0.15) is 26.3 Å². The number of benzene rings is 3. The van der Waals surface area contributed by atoms with Gasteiger partial charge in [-0.1, -0.05) is 43.0 Å². The van der Waals surface area contributed by atoms with E-state index in [9.17, 15) is 4.79 Å². The Kier molecular flexibility index (Phi) is 7.81. The summed E-state index contributed by atoms with van der Waals surface area (Å²) in [6, 6.07) is 25.6. The molecule has 3 aromatic rings. The van der Waals surface area contributed by atoms with Crippen molar-refractivity contribution in [1.82, 2.24) is 0 Å². The molecule has 0 atom stereocenters. The summed E-state index contributed by atoms with van der Waals surface area (Å²) in [5.41, 5.74) is 3.88. The fourth-order valence-corrected chi connectivity index (χ4v) is 3.23. The van der Waals surface area contributed by atoms with Crippen LogP contribution in [0.2, 0.25) is 0 Å². The van der Waals surface area contributed by atoms with Gasteiger partial charge in [-0.3, -0.25) is 0 Å². The first-order chi connectivity index (χ1) is 15.5. The molecule has 0 unspecified atom stereocenters. The van der Waals surface area contributed by atoms with Crippen molar-refractivity contribution in [2.24, 2.45) is 5.10 Å². The smallest absolute Gasteiger partial charge is 0.338 e. The molecule has 3 rings (SSSR count). The number of carbonyl (C=O) groups excluding carboxylic acids is 1. The van der Waals surface area contributed by atoms with Crippen LogP contribution in [-0.2, 0) is 4.79 Å². The third-order valence-electron chi connectivity index (χ3n) is 4.99. The van der Waals surface area contributed by atoms with E-state index in [1.165, 1.54) is 0 Å². The lowest BCUT2D eigenvalue weighted by Crippen LogP contribution is -2.22. The van der Waals surface area contributed by atoms with Gasteiger partial charge in [-0.15, -0.1) is 0 Å². The van der Waals surface area contributed by atoms with E-state index in [1.807, 2.05) is 83.9 Å². The van der Waals surface area contributed by atoms with Crippen LogP contribution in [0.15, 0.2) is 96.1 Å². The number of esters is 1. The van der Waals surface area contributed by atoms with E-state index in [4.69, 9.17) is 9.84 Å². The fourth-order valence-electron chi connectivity index (χ4n) is 3.23. The third-order valence-corrected chi connectivity index (χ3v) is 4.99. The lowest BCUT2D eigenvalue weighted by molar-refractivity contribution is -0.130. The van der Waals surface area contributed by atoms with Gasteiger partial charge in [0, 0.05) is 36.0 Å². The summed E-state index contributed by atoms with van der Waals surface area (Å²) in [5, 5.41) is 6.59. The Labute approximate surface area is 190 Å².